The number of fused-ring (bicyclic) bond motifs is 1. The van der Waals surface area contributed by atoms with E-state index < -0.39 is 0 Å². The molecule has 0 aromatic rings. The molecule has 1 heterocycles. The van der Waals surface area contributed by atoms with E-state index >= 15 is 0 Å². The molecule has 102 valence electrons. The zero-order valence-corrected chi connectivity index (χ0v) is 12.3. The highest BCUT2D eigenvalue weighted by molar-refractivity contribution is 8.13. The van der Waals surface area contributed by atoms with Gasteiger partial charge < -0.3 is 5.32 Å². The largest absolute Gasteiger partial charge is 0.362 e. The standard InChI is InChI=1S/C15H26N2S/c1-2-11-6-3-4-8-13(11)16-15-17-14-9-5-7-12(14)10-18-15/h11-14H,2-10H2,1H3,(H,16,17). The van der Waals surface area contributed by atoms with Gasteiger partial charge in [-0.15, -0.1) is 0 Å². The van der Waals surface area contributed by atoms with Gasteiger partial charge in [0.25, 0.3) is 0 Å². The summed E-state index contributed by atoms with van der Waals surface area (Å²) in [4.78, 5) is 4.98. The van der Waals surface area contributed by atoms with Crippen LogP contribution in [0.15, 0.2) is 4.99 Å². The van der Waals surface area contributed by atoms with Gasteiger partial charge in [0.2, 0.25) is 0 Å². The number of rotatable bonds is 2. The second kappa shape index (κ2) is 5.85. The van der Waals surface area contributed by atoms with Gasteiger partial charge in [0.15, 0.2) is 5.17 Å². The van der Waals surface area contributed by atoms with Crippen molar-refractivity contribution >= 4 is 16.9 Å². The summed E-state index contributed by atoms with van der Waals surface area (Å²) in [5.41, 5.74) is 0. The van der Waals surface area contributed by atoms with E-state index in [1.807, 2.05) is 11.8 Å². The van der Waals surface area contributed by atoms with E-state index in [1.54, 1.807) is 0 Å². The quantitative estimate of drug-likeness (QED) is 0.822. The second-order valence-corrected chi connectivity index (χ2v) is 7.22. The highest BCUT2D eigenvalue weighted by atomic mass is 32.2. The predicted octanol–water partition coefficient (Wildman–Crippen LogP) is 3.82. The van der Waals surface area contributed by atoms with Gasteiger partial charge in [-0.3, -0.25) is 4.99 Å². The summed E-state index contributed by atoms with van der Waals surface area (Å²) >= 11 is 1.98. The molecule has 0 saturated heterocycles. The molecular formula is C15H26N2S. The molecule has 3 heteroatoms. The van der Waals surface area contributed by atoms with E-state index in [1.165, 1.54) is 62.3 Å². The van der Waals surface area contributed by atoms with Crippen LogP contribution >= 0.6 is 11.8 Å². The Hall–Kier alpha value is -0.180. The lowest BCUT2D eigenvalue weighted by Gasteiger charge is -2.34. The highest BCUT2D eigenvalue weighted by Gasteiger charge is 2.32. The van der Waals surface area contributed by atoms with Gasteiger partial charge in [0.1, 0.15) is 0 Å². The van der Waals surface area contributed by atoms with E-state index in [0.717, 1.165) is 11.8 Å². The Labute approximate surface area is 115 Å². The summed E-state index contributed by atoms with van der Waals surface area (Å²) < 4.78 is 0. The fourth-order valence-electron chi connectivity index (χ4n) is 3.88. The van der Waals surface area contributed by atoms with E-state index in [2.05, 4.69) is 12.2 Å². The van der Waals surface area contributed by atoms with Crippen molar-refractivity contribution in [1.82, 2.24) is 5.32 Å². The fraction of sp³-hybridized carbons (Fsp3) is 0.933. The lowest BCUT2D eigenvalue weighted by Crippen LogP contribution is -2.42. The molecule has 1 N–H and O–H groups in total. The van der Waals surface area contributed by atoms with Crippen LogP contribution in [-0.2, 0) is 0 Å². The van der Waals surface area contributed by atoms with Gasteiger partial charge in [-0.25, -0.2) is 0 Å². The van der Waals surface area contributed by atoms with Crippen LogP contribution in [0.4, 0.5) is 0 Å². The van der Waals surface area contributed by atoms with Crippen LogP contribution in [-0.4, -0.2) is 23.0 Å². The molecule has 2 aliphatic carbocycles. The normalized spacial score (nSPS) is 40.2. The van der Waals surface area contributed by atoms with Gasteiger partial charge in [-0.1, -0.05) is 44.4 Å². The van der Waals surface area contributed by atoms with Crippen molar-refractivity contribution in [3.05, 3.63) is 0 Å². The number of thioether (sulfide) groups is 1. The van der Waals surface area contributed by atoms with Crippen molar-refractivity contribution in [3.8, 4) is 0 Å². The first kappa shape index (κ1) is 12.8. The molecule has 18 heavy (non-hydrogen) atoms. The third-order valence-electron chi connectivity index (χ3n) is 5.08. The Balaban J connectivity index is 1.61. The lowest BCUT2D eigenvalue weighted by molar-refractivity contribution is 0.281. The summed E-state index contributed by atoms with van der Waals surface area (Å²) in [6.07, 6.45) is 11.1. The molecule has 0 aromatic heterocycles. The van der Waals surface area contributed by atoms with Gasteiger partial charge in [0.05, 0.1) is 6.04 Å². The van der Waals surface area contributed by atoms with Crippen LogP contribution in [0, 0.1) is 11.8 Å². The Bertz CT molecular complexity index is 316. The van der Waals surface area contributed by atoms with Gasteiger partial charge in [0, 0.05) is 11.8 Å². The number of nitrogens with one attached hydrogen (secondary N) is 1. The summed E-state index contributed by atoms with van der Waals surface area (Å²) in [7, 11) is 0. The summed E-state index contributed by atoms with van der Waals surface area (Å²) in [6, 6.07) is 1.35. The average molecular weight is 266 g/mol. The minimum atomic E-state index is 0.650. The van der Waals surface area contributed by atoms with E-state index in [-0.39, 0.29) is 0 Å². The minimum absolute atomic E-state index is 0.650. The molecule has 0 spiro atoms. The molecule has 0 aromatic carbocycles. The first-order chi connectivity index (χ1) is 8.86. The number of amidine groups is 1. The summed E-state index contributed by atoms with van der Waals surface area (Å²) in [5, 5.41) is 5.05. The van der Waals surface area contributed by atoms with Gasteiger partial charge in [-0.2, -0.15) is 0 Å². The van der Waals surface area contributed by atoms with Crippen molar-refractivity contribution < 1.29 is 0 Å². The molecule has 0 bridgehead atoms. The number of nitrogens with zero attached hydrogens (tertiary/aromatic N) is 1. The molecule has 3 aliphatic rings. The van der Waals surface area contributed by atoms with E-state index in [0.29, 0.717) is 12.1 Å². The van der Waals surface area contributed by atoms with Crippen molar-refractivity contribution in [2.75, 3.05) is 5.75 Å². The topological polar surface area (TPSA) is 24.4 Å². The Morgan fingerprint density at radius 1 is 1.17 bits per heavy atom. The second-order valence-electron chi connectivity index (χ2n) is 6.21. The maximum absolute atomic E-state index is 4.98. The minimum Gasteiger partial charge on any atom is -0.362 e. The third kappa shape index (κ3) is 2.71. The molecule has 2 saturated carbocycles. The van der Waals surface area contributed by atoms with Crippen LogP contribution in [0.5, 0.6) is 0 Å². The highest BCUT2D eigenvalue weighted by Crippen LogP contribution is 2.36. The molecule has 1 aliphatic heterocycles. The molecule has 2 fully saturated rings. The SMILES string of the molecule is CCC1CCCCC1NC1=NC2CCCC2CS1. The molecule has 3 rings (SSSR count). The molecule has 2 nitrogen and oxygen atoms in total. The Kier molecular flexibility index (Phi) is 4.17. The number of hydrogen-bond donors (Lipinski definition) is 1. The van der Waals surface area contributed by atoms with Gasteiger partial charge in [-0.05, 0) is 37.5 Å². The summed E-state index contributed by atoms with van der Waals surface area (Å²) in [5.74, 6) is 3.07. The van der Waals surface area contributed by atoms with Crippen molar-refractivity contribution in [3.63, 3.8) is 0 Å². The lowest BCUT2D eigenvalue weighted by atomic mass is 9.83. The van der Waals surface area contributed by atoms with Crippen molar-refractivity contribution in [2.24, 2.45) is 16.8 Å². The molecule has 0 radical (unpaired) electrons. The maximum Gasteiger partial charge on any atom is 0.157 e. The predicted molar refractivity (Wildman–Crippen MR) is 80.2 cm³/mol. The number of hydrogen-bond acceptors (Lipinski definition) is 3. The first-order valence-corrected chi connectivity index (χ1v) is 8.82. The van der Waals surface area contributed by atoms with Crippen LogP contribution in [0.25, 0.3) is 0 Å². The van der Waals surface area contributed by atoms with Gasteiger partial charge >= 0.3 is 0 Å². The van der Waals surface area contributed by atoms with Crippen LogP contribution in [0.1, 0.15) is 58.3 Å². The Morgan fingerprint density at radius 3 is 2.94 bits per heavy atom. The van der Waals surface area contributed by atoms with Crippen molar-refractivity contribution in [2.45, 2.75) is 70.4 Å². The summed E-state index contributed by atoms with van der Waals surface area (Å²) in [6.45, 7) is 2.34. The average Bonchev–Trinajstić information content (AvgIpc) is 2.87. The van der Waals surface area contributed by atoms with E-state index in [9.17, 15) is 0 Å². The smallest absolute Gasteiger partial charge is 0.157 e. The zero-order chi connectivity index (χ0) is 12.4. The molecule has 4 atom stereocenters. The zero-order valence-electron chi connectivity index (χ0n) is 11.5. The van der Waals surface area contributed by atoms with Crippen molar-refractivity contribution in [1.29, 1.82) is 0 Å². The fourth-order valence-corrected chi connectivity index (χ4v) is 5.08. The third-order valence-corrected chi connectivity index (χ3v) is 6.17. The van der Waals surface area contributed by atoms with Crippen LogP contribution < -0.4 is 5.32 Å². The van der Waals surface area contributed by atoms with Crippen LogP contribution in [0.3, 0.4) is 0 Å². The Morgan fingerprint density at radius 2 is 2.06 bits per heavy atom. The molecule has 0 amide bonds. The number of aliphatic imine (C=N–C) groups is 1. The monoisotopic (exact) mass is 266 g/mol. The van der Waals surface area contributed by atoms with Crippen LogP contribution in [0.2, 0.25) is 0 Å². The first-order valence-electron chi connectivity index (χ1n) is 7.84. The molecular weight excluding hydrogens is 240 g/mol. The maximum atomic E-state index is 4.98. The van der Waals surface area contributed by atoms with E-state index in [4.69, 9.17) is 4.99 Å². The molecule has 4 unspecified atom stereocenters.